The van der Waals surface area contributed by atoms with E-state index in [1.54, 1.807) is 11.5 Å². The van der Waals surface area contributed by atoms with Gasteiger partial charge in [0.05, 0.1) is 17.6 Å². The van der Waals surface area contributed by atoms with Crippen LogP contribution in [0, 0.1) is 0 Å². The monoisotopic (exact) mass is 353 g/mol. The number of aromatic nitrogens is 2. The van der Waals surface area contributed by atoms with Crippen molar-refractivity contribution in [2.24, 2.45) is 0 Å². The van der Waals surface area contributed by atoms with Gasteiger partial charge in [0.2, 0.25) is 5.69 Å². The first kappa shape index (κ1) is 17.0. The summed E-state index contributed by atoms with van der Waals surface area (Å²) in [6.07, 6.45) is 6.21. The van der Waals surface area contributed by atoms with E-state index in [9.17, 15) is 9.59 Å². The van der Waals surface area contributed by atoms with Crippen LogP contribution >= 0.6 is 0 Å². The number of hydrogen-bond acceptors (Lipinski definition) is 5. The van der Waals surface area contributed by atoms with Crippen LogP contribution in [0.3, 0.4) is 0 Å². The molecule has 0 aliphatic carbocycles. The summed E-state index contributed by atoms with van der Waals surface area (Å²) < 4.78 is 6.83. The molecular formula is C20H23N3O3. The molecule has 6 nitrogen and oxygen atoms in total. The molecule has 2 aliphatic rings. The van der Waals surface area contributed by atoms with Crippen molar-refractivity contribution < 1.29 is 9.53 Å². The van der Waals surface area contributed by atoms with Crippen molar-refractivity contribution in [3.05, 3.63) is 52.5 Å². The summed E-state index contributed by atoms with van der Waals surface area (Å²) in [5.74, 6) is -0.649. The molecule has 136 valence electrons. The van der Waals surface area contributed by atoms with Crippen LogP contribution < -0.4 is 5.56 Å². The molecule has 2 bridgehead atoms. The van der Waals surface area contributed by atoms with E-state index < -0.39 is 5.97 Å². The van der Waals surface area contributed by atoms with E-state index in [1.165, 1.54) is 0 Å². The van der Waals surface area contributed by atoms with Gasteiger partial charge in [-0.3, -0.25) is 9.69 Å². The number of esters is 1. The number of para-hydroxylation sites is 2. The Morgan fingerprint density at radius 2 is 1.88 bits per heavy atom. The van der Waals surface area contributed by atoms with Gasteiger partial charge in [-0.1, -0.05) is 31.2 Å². The average molecular weight is 353 g/mol. The molecule has 0 radical (unpaired) electrons. The number of likely N-dealkylation sites (N-methyl/N-ethyl adjacent to an activating group) is 1. The van der Waals surface area contributed by atoms with E-state index in [-0.39, 0.29) is 23.9 Å². The smallest absolute Gasteiger partial charge is 0.362 e. The van der Waals surface area contributed by atoms with Crippen LogP contribution in [0.1, 0.15) is 43.2 Å². The predicted octanol–water partition coefficient (Wildman–Crippen LogP) is 2.54. The molecule has 26 heavy (non-hydrogen) atoms. The SMILES string of the molecule is CCOC(=O)c1nc2ccccc2n(C2C[C@H]3C=C[C@H](C2)N3CC)c1=O. The highest BCUT2D eigenvalue weighted by molar-refractivity contribution is 5.89. The minimum absolute atomic E-state index is 0.0383. The lowest BCUT2D eigenvalue weighted by molar-refractivity contribution is 0.0516. The molecule has 6 heteroatoms. The topological polar surface area (TPSA) is 64.4 Å². The van der Waals surface area contributed by atoms with E-state index >= 15 is 0 Å². The Bertz CT molecular complexity index is 918. The van der Waals surface area contributed by atoms with Crippen LogP contribution in [0.15, 0.2) is 41.2 Å². The standard InChI is InChI=1S/C20H23N3O3/c1-3-22-13-9-10-14(22)12-15(11-13)23-17-8-6-5-7-16(17)21-18(19(23)24)20(25)26-4-2/h5-10,13-15H,3-4,11-12H2,1-2H3/t13-,14-/m1/s1. The third kappa shape index (κ3) is 2.65. The molecule has 0 amide bonds. The van der Waals surface area contributed by atoms with Gasteiger partial charge in [0.1, 0.15) is 0 Å². The Balaban J connectivity index is 1.83. The number of carbonyl (C=O) groups excluding carboxylic acids is 1. The normalized spacial score (nSPS) is 24.9. The first-order chi connectivity index (χ1) is 12.6. The fourth-order valence-electron chi connectivity index (χ4n) is 4.33. The summed E-state index contributed by atoms with van der Waals surface area (Å²) in [4.78, 5) is 32.2. The maximum Gasteiger partial charge on any atom is 0.362 e. The van der Waals surface area contributed by atoms with Crippen LogP contribution in [0.4, 0.5) is 0 Å². The van der Waals surface area contributed by atoms with Crippen LogP contribution in [-0.2, 0) is 4.74 Å². The van der Waals surface area contributed by atoms with Gasteiger partial charge in [-0.15, -0.1) is 0 Å². The van der Waals surface area contributed by atoms with E-state index in [0.717, 1.165) is 24.9 Å². The Morgan fingerprint density at radius 1 is 1.19 bits per heavy atom. The minimum atomic E-state index is -0.649. The minimum Gasteiger partial charge on any atom is -0.461 e. The molecule has 2 aromatic rings. The molecule has 4 rings (SSSR count). The molecule has 0 N–H and O–H groups in total. The molecule has 1 aromatic carbocycles. The van der Waals surface area contributed by atoms with Crippen molar-refractivity contribution in [2.75, 3.05) is 13.2 Å². The van der Waals surface area contributed by atoms with Gasteiger partial charge in [0.25, 0.3) is 5.56 Å². The molecule has 3 heterocycles. The molecule has 1 aromatic heterocycles. The fourth-order valence-corrected chi connectivity index (χ4v) is 4.33. The first-order valence-electron chi connectivity index (χ1n) is 9.26. The highest BCUT2D eigenvalue weighted by Gasteiger charge is 2.38. The summed E-state index contributed by atoms with van der Waals surface area (Å²) in [6.45, 7) is 5.10. The lowest BCUT2D eigenvalue weighted by Gasteiger charge is -2.39. The van der Waals surface area contributed by atoms with Gasteiger partial charge in [0.15, 0.2) is 0 Å². The number of nitrogens with zero attached hydrogens (tertiary/aromatic N) is 3. The molecule has 2 atom stereocenters. The summed E-state index contributed by atoms with van der Waals surface area (Å²) in [6, 6.07) is 8.23. The van der Waals surface area contributed by atoms with Crippen LogP contribution in [0.2, 0.25) is 0 Å². The van der Waals surface area contributed by atoms with Crippen LogP contribution in [0.5, 0.6) is 0 Å². The number of rotatable bonds is 4. The summed E-state index contributed by atoms with van der Waals surface area (Å²) in [5, 5.41) is 0. The van der Waals surface area contributed by atoms with Gasteiger partial charge in [0, 0.05) is 18.1 Å². The molecule has 1 fully saturated rings. The lowest BCUT2D eigenvalue weighted by atomic mass is 9.95. The average Bonchev–Trinajstić information content (AvgIpc) is 2.89. The number of benzene rings is 1. The molecular weight excluding hydrogens is 330 g/mol. The number of piperidine rings is 1. The highest BCUT2D eigenvalue weighted by Crippen LogP contribution is 2.37. The number of hydrogen-bond donors (Lipinski definition) is 0. The first-order valence-corrected chi connectivity index (χ1v) is 9.26. The quantitative estimate of drug-likeness (QED) is 0.624. The second kappa shape index (κ2) is 6.68. The fraction of sp³-hybridized carbons (Fsp3) is 0.450. The number of fused-ring (bicyclic) bond motifs is 3. The van der Waals surface area contributed by atoms with E-state index in [0.29, 0.717) is 17.6 Å². The molecule has 2 aliphatic heterocycles. The zero-order valence-electron chi connectivity index (χ0n) is 15.1. The Morgan fingerprint density at radius 3 is 2.54 bits per heavy atom. The second-order valence-corrected chi connectivity index (χ2v) is 6.82. The molecule has 1 saturated heterocycles. The zero-order valence-corrected chi connectivity index (χ0v) is 15.1. The molecule has 0 unspecified atom stereocenters. The Labute approximate surface area is 152 Å². The third-order valence-electron chi connectivity index (χ3n) is 5.43. The Kier molecular flexibility index (Phi) is 4.36. The van der Waals surface area contributed by atoms with Crippen molar-refractivity contribution in [3.63, 3.8) is 0 Å². The second-order valence-electron chi connectivity index (χ2n) is 6.82. The number of carbonyl (C=O) groups is 1. The van der Waals surface area contributed by atoms with Crippen molar-refractivity contribution in [1.29, 1.82) is 0 Å². The van der Waals surface area contributed by atoms with Gasteiger partial charge < -0.3 is 9.30 Å². The van der Waals surface area contributed by atoms with Gasteiger partial charge in [-0.25, -0.2) is 9.78 Å². The van der Waals surface area contributed by atoms with E-state index in [4.69, 9.17) is 4.74 Å². The maximum absolute atomic E-state index is 13.1. The van der Waals surface area contributed by atoms with Crippen molar-refractivity contribution >= 4 is 17.0 Å². The summed E-state index contributed by atoms with van der Waals surface area (Å²) >= 11 is 0. The van der Waals surface area contributed by atoms with Crippen LogP contribution in [-0.4, -0.2) is 45.7 Å². The van der Waals surface area contributed by atoms with Crippen LogP contribution in [0.25, 0.3) is 11.0 Å². The highest BCUT2D eigenvalue weighted by atomic mass is 16.5. The van der Waals surface area contributed by atoms with Crippen molar-refractivity contribution in [3.8, 4) is 0 Å². The largest absolute Gasteiger partial charge is 0.461 e. The van der Waals surface area contributed by atoms with E-state index in [1.807, 2.05) is 24.3 Å². The van der Waals surface area contributed by atoms with Crippen molar-refractivity contribution in [2.45, 2.75) is 44.8 Å². The zero-order chi connectivity index (χ0) is 18.3. The summed E-state index contributed by atoms with van der Waals surface area (Å²) in [7, 11) is 0. The Hall–Kier alpha value is -2.47. The number of ether oxygens (including phenoxy) is 1. The van der Waals surface area contributed by atoms with Gasteiger partial charge in [-0.2, -0.15) is 0 Å². The summed E-state index contributed by atoms with van der Waals surface area (Å²) in [5.41, 5.74) is 0.952. The lowest BCUT2D eigenvalue weighted by Crippen LogP contribution is -2.46. The predicted molar refractivity (Wildman–Crippen MR) is 99.3 cm³/mol. The molecule has 0 spiro atoms. The van der Waals surface area contributed by atoms with E-state index in [2.05, 4.69) is 29.0 Å². The third-order valence-corrected chi connectivity index (χ3v) is 5.43. The van der Waals surface area contributed by atoms with Gasteiger partial charge in [-0.05, 0) is 38.4 Å². The molecule has 0 saturated carbocycles. The maximum atomic E-state index is 13.1. The van der Waals surface area contributed by atoms with Crippen molar-refractivity contribution in [1.82, 2.24) is 14.5 Å². The van der Waals surface area contributed by atoms with Gasteiger partial charge >= 0.3 is 5.97 Å².